The van der Waals surface area contributed by atoms with Crippen molar-refractivity contribution in [1.82, 2.24) is 9.62 Å². The molecule has 32 heavy (non-hydrogen) atoms. The second-order valence-corrected chi connectivity index (χ2v) is 9.01. The maximum absolute atomic E-state index is 12.9. The number of rotatable bonds is 7. The van der Waals surface area contributed by atoms with Gasteiger partial charge in [0.15, 0.2) is 0 Å². The van der Waals surface area contributed by atoms with E-state index in [1.807, 2.05) is 0 Å². The van der Waals surface area contributed by atoms with Gasteiger partial charge in [-0.15, -0.1) is 0 Å². The van der Waals surface area contributed by atoms with Crippen LogP contribution in [0.5, 0.6) is 5.75 Å². The van der Waals surface area contributed by atoms with Crippen molar-refractivity contribution in [3.8, 4) is 5.75 Å². The molecule has 1 N–H and O–H groups in total. The Kier molecular flexibility index (Phi) is 7.29. The lowest BCUT2D eigenvalue weighted by molar-refractivity contribution is -0.137. The Bertz CT molecular complexity index is 1040. The molecular weight excluding hydrogens is 447 g/mol. The summed E-state index contributed by atoms with van der Waals surface area (Å²) in [6.07, 6.45) is -4.42. The standard InChI is InChI=1S/C21H24F3N3O4S/c1-31-18-5-7-19(8-6-18)32(29,30)25-10-9-20(28)27-13-11-26(12-14-27)17-4-2-3-16(15-17)21(22,23)24/h2-8,15,25H,9-14H2,1H3. The highest BCUT2D eigenvalue weighted by molar-refractivity contribution is 7.89. The van der Waals surface area contributed by atoms with E-state index >= 15 is 0 Å². The number of hydrogen-bond donors (Lipinski definition) is 1. The number of methoxy groups -OCH3 is 1. The van der Waals surface area contributed by atoms with E-state index in [1.165, 1.54) is 37.4 Å². The van der Waals surface area contributed by atoms with Crippen LogP contribution >= 0.6 is 0 Å². The summed E-state index contributed by atoms with van der Waals surface area (Å²) in [7, 11) is -2.27. The fraction of sp³-hybridized carbons (Fsp3) is 0.381. The highest BCUT2D eigenvalue weighted by atomic mass is 32.2. The molecule has 0 bridgehead atoms. The van der Waals surface area contributed by atoms with Crippen LogP contribution in [-0.4, -0.2) is 59.1 Å². The molecule has 1 aliphatic heterocycles. The molecule has 1 fully saturated rings. The molecule has 0 unspecified atom stereocenters. The number of amides is 1. The van der Waals surface area contributed by atoms with Gasteiger partial charge in [-0.25, -0.2) is 13.1 Å². The number of nitrogens with one attached hydrogen (secondary N) is 1. The van der Waals surface area contributed by atoms with Crippen molar-refractivity contribution in [1.29, 1.82) is 0 Å². The van der Waals surface area contributed by atoms with Crippen LogP contribution in [0, 0.1) is 0 Å². The Morgan fingerprint density at radius 2 is 1.72 bits per heavy atom. The molecule has 0 radical (unpaired) electrons. The van der Waals surface area contributed by atoms with Crippen LogP contribution in [0.25, 0.3) is 0 Å². The summed E-state index contributed by atoms with van der Waals surface area (Å²) in [5, 5.41) is 0. The second-order valence-electron chi connectivity index (χ2n) is 7.24. The Hall–Kier alpha value is -2.79. The van der Waals surface area contributed by atoms with E-state index in [1.54, 1.807) is 15.9 Å². The summed E-state index contributed by atoms with van der Waals surface area (Å²) in [5.74, 6) is 0.314. The SMILES string of the molecule is COc1ccc(S(=O)(=O)NCCC(=O)N2CCN(c3cccc(C(F)(F)F)c3)CC2)cc1. The number of nitrogens with zero attached hydrogens (tertiary/aromatic N) is 2. The van der Waals surface area contributed by atoms with E-state index in [9.17, 15) is 26.4 Å². The minimum Gasteiger partial charge on any atom is -0.497 e. The van der Waals surface area contributed by atoms with Crippen LogP contribution in [0.15, 0.2) is 53.4 Å². The molecule has 3 rings (SSSR count). The number of halogens is 3. The van der Waals surface area contributed by atoms with E-state index in [0.29, 0.717) is 37.6 Å². The van der Waals surface area contributed by atoms with Gasteiger partial charge in [-0.05, 0) is 42.5 Å². The molecule has 2 aromatic rings. The molecule has 0 aromatic heterocycles. The zero-order valence-electron chi connectivity index (χ0n) is 17.4. The lowest BCUT2D eigenvalue weighted by Gasteiger charge is -2.36. The number of anilines is 1. The van der Waals surface area contributed by atoms with Gasteiger partial charge in [0.2, 0.25) is 15.9 Å². The minimum atomic E-state index is -4.41. The first-order chi connectivity index (χ1) is 15.1. The maximum Gasteiger partial charge on any atom is 0.416 e. The first kappa shape index (κ1) is 23.9. The fourth-order valence-corrected chi connectivity index (χ4v) is 4.41. The molecule has 1 aliphatic rings. The van der Waals surface area contributed by atoms with E-state index in [0.717, 1.165) is 12.1 Å². The highest BCUT2D eigenvalue weighted by Crippen LogP contribution is 2.31. The van der Waals surface area contributed by atoms with Crippen molar-refractivity contribution in [2.75, 3.05) is 44.7 Å². The van der Waals surface area contributed by atoms with Gasteiger partial charge < -0.3 is 14.5 Å². The van der Waals surface area contributed by atoms with Crippen molar-refractivity contribution in [2.45, 2.75) is 17.5 Å². The Morgan fingerprint density at radius 3 is 2.31 bits per heavy atom. The Morgan fingerprint density at radius 1 is 1.06 bits per heavy atom. The number of benzene rings is 2. The molecule has 7 nitrogen and oxygen atoms in total. The first-order valence-corrected chi connectivity index (χ1v) is 11.4. The van der Waals surface area contributed by atoms with Gasteiger partial charge in [-0.1, -0.05) is 6.07 Å². The molecule has 1 saturated heterocycles. The zero-order chi connectivity index (χ0) is 23.4. The summed E-state index contributed by atoms with van der Waals surface area (Å²) in [5.41, 5.74) is -0.253. The molecule has 1 heterocycles. The summed E-state index contributed by atoms with van der Waals surface area (Å²) < 4.78 is 70.8. The smallest absolute Gasteiger partial charge is 0.416 e. The molecule has 0 saturated carbocycles. The molecular formula is C21H24F3N3O4S. The van der Waals surface area contributed by atoms with E-state index in [2.05, 4.69) is 4.72 Å². The van der Waals surface area contributed by atoms with E-state index < -0.39 is 21.8 Å². The van der Waals surface area contributed by atoms with Crippen molar-refractivity contribution in [2.24, 2.45) is 0 Å². The van der Waals surface area contributed by atoms with Gasteiger partial charge >= 0.3 is 6.18 Å². The number of hydrogen-bond acceptors (Lipinski definition) is 5. The fourth-order valence-electron chi connectivity index (χ4n) is 3.38. The molecule has 1 amide bonds. The number of ether oxygens (including phenoxy) is 1. The molecule has 0 atom stereocenters. The van der Waals surface area contributed by atoms with Crippen LogP contribution in [0.1, 0.15) is 12.0 Å². The third-order valence-corrected chi connectivity index (χ3v) is 6.65. The van der Waals surface area contributed by atoms with E-state index in [4.69, 9.17) is 4.74 Å². The average molecular weight is 472 g/mol. The van der Waals surface area contributed by atoms with Crippen molar-refractivity contribution in [3.05, 3.63) is 54.1 Å². The molecule has 0 spiro atoms. The van der Waals surface area contributed by atoms with Crippen molar-refractivity contribution in [3.63, 3.8) is 0 Å². The largest absolute Gasteiger partial charge is 0.497 e. The van der Waals surface area contributed by atoms with Gasteiger partial charge in [0.25, 0.3) is 0 Å². The quantitative estimate of drug-likeness (QED) is 0.672. The van der Waals surface area contributed by atoms with Crippen molar-refractivity contribution >= 4 is 21.6 Å². The number of piperazine rings is 1. The predicted molar refractivity (Wildman–Crippen MR) is 113 cm³/mol. The number of carbonyl (C=O) groups is 1. The summed E-state index contributed by atoms with van der Waals surface area (Å²) in [4.78, 5) is 15.9. The third kappa shape index (κ3) is 5.92. The van der Waals surface area contributed by atoms with Gasteiger partial charge in [0.05, 0.1) is 17.6 Å². The van der Waals surface area contributed by atoms with Gasteiger partial charge in [-0.2, -0.15) is 13.2 Å². The Balaban J connectivity index is 1.48. The average Bonchev–Trinajstić information content (AvgIpc) is 2.78. The summed E-state index contributed by atoms with van der Waals surface area (Å²) >= 11 is 0. The minimum absolute atomic E-state index is 0.0149. The van der Waals surface area contributed by atoms with Crippen LogP contribution in [0.3, 0.4) is 0 Å². The summed E-state index contributed by atoms with van der Waals surface area (Å²) in [6, 6.07) is 11.0. The van der Waals surface area contributed by atoms with Gasteiger partial charge in [0.1, 0.15) is 5.75 Å². The number of sulfonamides is 1. The number of alkyl halides is 3. The molecule has 0 aliphatic carbocycles. The lowest BCUT2D eigenvalue weighted by atomic mass is 10.1. The van der Waals surface area contributed by atoms with Crippen LogP contribution < -0.4 is 14.4 Å². The lowest BCUT2D eigenvalue weighted by Crippen LogP contribution is -2.49. The number of carbonyl (C=O) groups excluding carboxylic acids is 1. The topological polar surface area (TPSA) is 78.9 Å². The monoisotopic (exact) mass is 471 g/mol. The Labute approximate surface area is 184 Å². The third-order valence-electron chi connectivity index (χ3n) is 5.17. The highest BCUT2D eigenvalue weighted by Gasteiger charge is 2.31. The predicted octanol–water partition coefficient (Wildman–Crippen LogP) is 2.73. The van der Waals surface area contributed by atoms with Gasteiger partial charge in [-0.3, -0.25) is 4.79 Å². The zero-order valence-corrected chi connectivity index (χ0v) is 18.2. The first-order valence-electron chi connectivity index (χ1n) is 9.94. The van der Waals surface area contributed by atoms with Crippen LogP contribution in [0.2, 0.25) is 0 Å². The molecule has 2 aromatic carbocycles. The normalized spacial score (nSPS) is 15.0. The van der Waals surface area contributed by atoms with Crippen LogP contribution in [-0.2, 0) is 21.0 Å². The molecule has 11 heteroatoms. The molecule has 174 valence electrons. The van der Waals surface area contributed by atoms with Gasteiger partial charge in [0, 0.05) is 44.8 Å². The van der Waals surface area contributed by atoms with Crippen molar-refractivity contribution < 1.29 is 31.1 Å². The second kappa shape index (κ2) is 9.78. The van der Waals surface area contributed by atoms with E-state index in [-0.39, 0.29) is 23.8 Å². The van der Waals surface area contributed by atoms with Crippen LogP contribution in [0.4, 0.5) is 18.9 Å². The summed E-state index contributed by atoms with van der Waals surface area (Å²) in [6.45, 7) is 1.43. The maximum atomic E-state index is 12.9.